The van der Waals surface area contributed by atoms with Crippen LogP contribution in [0, 0.1) is 13.8 Å². The van der Waals surface area contributed by atoms with Gasteiger partial charge in [0.2, 0.25) is 15.9 Å². The van der Waals surface area contributed by atoms with E-state index in [2.05, 4.69) is 27.3 Å². The van der Waals surface area contributed by atoms with Gasteiger partial charge in [0, 0.05) is 56.5 Å². The molecule has 1 aromatic heterocycles. The normalized spacial score (nSPS) is 15.0. The number of amides is 1. The van der Waals surface area contributed by atoms with Crippen LogP contribution in [0.15, 0.2) is 59.5 Å². The van der Waals surface area contributed by atoms with Gasteiger partial charge in [-0.2, -0.15) is 4.31 Å². The number of nitrogens with one attached hydrogen (secondary N) is 1. The first-order valence-corrected chi connectivity index (χ1v) is 13.2. The first-order chi connectivity index (χ1) is 16.7. The van der Waals surface area contributed by atoms with Crippen molar-refractivity contribution in [3.63, 3.8) is 0 Å². The van der Waals surface area contributed by atoms with Gasteiger partial charge in [-0.05, 0) is 50.1 Å². The first kappa shape index (κ1) is 24.8. The molecule has 2 heterocycles. The maximum Gasteiger partial charge on any atom is 0.243 e. The SMILES string of the molecule is CC(=O)Nc1ccc(S(=O)(=O)N2CCCN(c3nc(C)nc(C)c3Cc3ccccc3)CC2)cc1. The zero-order chi connectivity index (χ0) is 25.0. The van der Waals surface area contributed by atoms with Crippen molar-refractivity contribution in [1.82, 2.24) is 14.3 Å². The van der Waals surface area contributed by atoms with Crippen molar-refractivity contribution in [1.29, 1.82) is 0 Å². The van der Waals surface area contributed by atoms with Crippen molar-refractivity contribution in [3.05, 3.63) is 77.2 Å². The number of carbonyl (C=O) groups is 1. The van der Waals surface area contributed by atoms with Crippen molar-refractivity contribution in [2.24, 2.45) is 0 Å². The maximum atomic E-state index is 13.3. The molecule has 0 radical (unpaired) electrons. The molecule has 1 aliphatic rings. The highest BCUT2D eigenvalue weighted by atomic mass is 32.2. The van der Waals surface area contributed by atoms with Crippen LogP contribution in [0.3, 0.4) is 0 Å². The van der Waals surface area contributed by atoms with Crippen molar-refractivity contribution >= 4 is 27.4 Å². The quantitative estimate of drug-likeness (QED) is 0.564. The molecule has 0 saturated carbocycles. The molecule has 1 fully saturated rings. The summed E-state index contributed by atoms with van der Waals surface area (Å²) in [6.45, 7) is 7.37. The topological polar surface area (TPSA) is 95.5 Å². The summed E-state index contributed by atoms with van der Waals surface area (Å²) in [7, 11) is -3.65. The molecule has 0 atom stereocenters. The van der Waals surface area contributed by atoms with Gasteiger partial charge in [0.05, 0.1) is 4.90 Å². The minimum atomic E-state index is -3.65. The van der Waals surface area contributed by atoms with Gasteiger partial charge >= 0.3 is 0 Å². The van der Waals surface area contributed by atoms with Gasteiger partial charge in [0.1, 0.15) is 11.6 Å². The Morgan fingerprint density at radius 1 is 0.943 bits per heavy atom. The zero-order valence-corrected chi connectivity index (χ0v) is 21.2. The fourth-order valence-corrected chi connectivity index (χ4v) is 5.86. The molecule has 0 aliphatic carbocycles. The van der Waals surface area contributed by atoms with E-state index in [1.54, 1.807) is 24.3 Å². The van der Waals surface area contributed by atoms with Crippen molar-refractivity contribution < 1.29 is 13.2 Å². The number of aryl methyl sites for hydroxylation is 2. The molecular formula is C26H31N5O3S. The van der Waals surface area contributed by atoms with Crippen LogP contribution in [0.5, 0.6) is 0 Å². The lowest BCUT2D eigenvalue weighted by molar-refractivity contribution is -0.114. The third kappa shape index (κ3) is 5.86. The van der Waals surface area contributed by atoms with Crippen LogP contribution in [0.1, 0.15) is 36.0 Å². The van der Waals surface area contributed by atoms with E-state index in [9.17, 15) is 13.2 Å². The fraction of sp³-hybridized carbons (Fsp3) is 0.346. The second kappa shape index (κ2) is 10.5. The lowest BCUT2D eigenvalue weighted by Gasteiger charge is -2.26. The molecule has 8 nitrogen and oxygen atoms in total. The van der Waals surface area contributed by atoms with Crippen LogP contribution in [-0.4, -0.2) is 54.8 Å². The summed E-state index contributed by atoms with van der Waals surface area (Å²) in [4.78, 5) is 23.0. The van der Waals surface area contributed by atoms with E-state index in [4.69, 9.17) is 4.98 Å². The number of sulfonamides is 1. The Morgan fingerprint density at radius 3 is 2.34 bits per heavy atom. The minimum absolute atomic E-state index is 0.199. The summed E-state index contributed by atoms with van der Waals surface area (Å²) in [6.07, 6.45) is 1.41. The second-order valence-corrected chi connectivity index (χ2v) is 10.7. The molecule has 1 saturated heterocycles. The van der Waals surface area contributed by atoms with Crippen LogP contribution in [0.4, 0.5) is 11.5 Å². The van der Waals surface area contributed by atoms with E-state index >= 15 is 0 Å². The average molecular weight is 494 g/mol. The van der Waals surface area contributed by atoms with Gasteiger partial charge in [-0.15, -0.1) is 0 Å². The van der Waals surface area contributed by atoms with Crippen LogP contribution >= 0.6 is 0 Å². The zero-order valence-electron chi connectivity index (χ0n) is 20.4. The Labute approximate surface area is 207 Å². The number of hydrogen-bond donors (Lipinski definition) is 1. The van der Waals surface area contributed by atoms with E-state index in [-0.39, 0.29) is 10.8 Å². The number of benzene rings is 2. The molecule has 0 spiro atoms. The molecule has 1 aliphatic heterocycles. The van der Waals surface area contributed by atoms with E-state index in [0.717, 1.165) is 23.5 Å². The second-order valence-electron chi connectivity index (χ2n) is 8.77. The molecule has 1 N–H and O–H groups in total. The van der Waals surface area contributed by atoms with Gasteiger partial charge < -0.3 is 10.2 Å². The van der Waals surface area contributed by atoms with Crippen LogP contribution in [0.2, 0.25) is 0 Å². The van der Waals surface area contributed by atoms with E-state index < -0.39 is 10.0 Å². The van der Waals surface area contributed by atoms with E-state index in [1.165, 1.54) is 16.8 Å². The van der Waals surface area contributed by atoms with Crippen molar-refractivity contribution in [3.8, 4) is 0 Å². The largest absolute Gasteiger partial charge is 0.355 e. The highest BCUT2D eigenvalue weighted by Crippen LogP contribution is 2.26. The van der Waals surface area contributed by atoms with Gasteiger partial charge in [-0.25, -0.2) is 18.4 Å². The average Bonchev–Trinajstić information content (AvgIpc) is 3.08. The first-order valence-electron chi connectivity index (χ1n) is 11.7. The Hall–Kier alpha value is -3.30. The summed E-state index contributed by atoms with van der Waals surface area (Å²) in [5.41, 5.74) is 3.78. The van der Waals surface area contributed by atoms with Crippen LogP contribution in [0.25, 0.3) is 0 Å². The number of carbonyl (C=O) groups excluding carboxylic acids is 1. The Balaban J connectivity index is 1.54. The third-order valence-electron chi connectivity index (χ3n) is 6.09. The summed E-state index contributed by atoms with van der Waals surface area (Å²) >= 11 is 0. The maximum absolute atomic E-state index is 13.3. The lowest BCUT2D eigenvalue weighted by Crippen LogP contribution is -2.35. The van der Waals surface area contributed by atoms with Crippen molar-refractivity contribution in [2.45, 2.75) is 38.5 Å². The lowest BCUT2D eigenvalue weighted by atomic mass is 10.0. The Morgan fingerprint density at radius 2 is 1.66 bits per heavy atom. The smallest absolute Gasteiger partial charge is 0.243 e. The third-order valence-corrected chi connectivity index (χ3v) is 8.01. The van der Waals surface area contributed by atoms with Gasteiger partial charge in [0.25, 0.3) is 0 Å². The number of hydrogen-bond acceptors (Lipinski definition) is 6. The highest BCUT2D eigenvalue weighted by molar-refractivity contribution is 7.89. The molecule has 4 rings (SSSR count). The Kier molecular flexibility index (Phi) is 7.47. The van der Waals surface area contributed by atoms with E-state index in [1.807, 2.05) is 32.0 Å². The predicted molar refractivity (Wildman–Crippen MR) is 137 cm³/mol. The standard InChI is InChI=1S/C26H31N5O3S/c1-19-25(18-22-8-5-4-6-9-22)26(28-20(2)27-19)30-14-7-15-31(17-16-30)35(33,34)24-12-10-23(11-13-24)29-21(3)32/h4-6,8-13H,7,14-18H2,1-3H3,(H,29,32). The summed E-state index contributed by atoms with van der Waals surface area (Å²) in [6, 6.07) is 16.5. The molecule has 35 heavy (non-hydrogen) atoms. The molecular weight excluding hydrogens is 462 g/mol. The molecule has 0 unspecified atom stereocenters. The van der Waals surface area contributed by atoms with Crippen LogP contribution in [-0.2, 0) is 21.2 Å². The molecule has 0 bridgehead atoms. The van der Waals surface area contributed by atoms with Gasteiger partial charge in [0.15, 0.2) is 0 Å². The summed E-state index contributed by atoms with van der Waals surface area (Å²) < 4.78 is 28.2. The number of nitrogens with zero attached hydrogens (tertiary/aromatic N) is 4. The fourth-order valence-electron chi connectivity index (χ4n) is 4.39. The molecule has 1 amide bonds. The summed E-state index contributed by atoms with van der Waals surface area (Å²) in [5.74, 6) is 1.40. The molecule has 3 aromatic rings. The highest BCUT2D eigenvalue weighted by Gasteiger charge is 2.28. The Bertz CT molecular complexity index is 1290. The number of aromatic nitrogens is 2. The molecule has 184 valence electrons. The monoisotopic (exact) mass is 493 g/mol. The minimum Gasteiger partial charge on any atom is -0.355 e. The molecule has 2 aromatic carbocycles. The van der Waals surface area contributed by atoms with E-state index in [0.29, 0.717) is 44.1 Å². The number of rotatable bonds is 6. The van der Waals surface area contributed by atoms with Gasteiger partial charge in [-0.1, -0.05) is 30.3 Å². The predicted octanol–water partition coefficient (Wildman–Crippen LogP) is 3.54. The van der Waals surface area contributed by atoms with Gasteiger partial charge in [-0.3, -0.25) is 4.79 Å². The molecule has 9 heteroatoms. The van der Waals surface area contributed by atoms with Crippen LogP contribution < -0.4 is 10.2 Å². The van der Waals surface area contributed by atoms with Crippen molar-refractivity contribution in [2.75, 3.05) is 36.4 Å². The summed E-state index contributed by atoms with van der Waals surface area (Å²) in [5, 5.41) is 2.66. The number of anilines is 2.